The summed E-state index contributed by atoms with van der Waals surface area (Å²) in [6, 6.07) is 5.35. The van der Waals surface area contributed by atoms with Crippen LogP contribution in [0.3, 0.4) is 0 Å². The van der Waals surface area contributed by atoms with Gasteiger partial charge in [0.05, 0.1) is 7.11 Å². The predicted molar refractivity (Wildman–Crippen MR) is 79.6 cm³/mol. The van der Waals surface area contributed by atoms with Crippen molar-refractivity contribution in [2.75, 3.05) is 20.2 Å². The first-order valence-electron chi connectivity index (χ1n) is 7.34. The molecule has 0 saturated carbocycles. The monoisotopic (exact) mass is 293 g/mol. The summed E-state index contributed by atoms with van der Waals surface area (Å²) in [5.74, 6) is 0.705. The molecule has 1 aromatic rings. The van der Waals surface area contributed by atoms with E-state index in [-0.39, 0.29) is 18.2 Å². The Balaban J connectivity index is 2.01. The summed E-state index contributed by atoms with van der Waals surface area (Å²) in [5, 5.41) is 18.8. The van der Waals surface area contributed by atoms with Crippen LogP contribution in [0.4, 0.5) is 0 Å². The maximum absolute atomic E-state index is 10.6. The second-order valence-corrected chi connectivity index (χ2v) is 5.68. The number of aliphatic carboxylic acids is 1. The first-order chi connectivity index (χ1) is 10.0. The molecule has 1 aromatic carbocycles. The number of aromatic hydroxyl groups is 1. The average Bonchev–Trinajstić information content (AvgIpc) is 2.94. The van der Waals surface area contributed by atoms with E-state index in [1.807, 2.05) is 6.07 Å². The Bertz CT molecular complexity index is 503. The number of carboxylic acid groups (broad SMARTS) is 1. The van der Waals surface area contributed by atoms with Crippen LogP contribution in [0.2, 0.25) is 0 Å². The molecule has 0 aliphatic carbocycles. The zero-order valence-corrected chi connectivity index (χ0v) is 12.6. The van der Waals surface area contributed by atoms with Crippen molar-refractivity contribution < 1.29 is 19.7 Å². The van der Waals surface area contributed by atoms with E-state index in [9.17, 15) is 9.90 Å². The van der Waals surface area contributed by atoms with Crippen molar-refractivity contribution in [2.45, 2.75) is 32.2 Å². The Morgan fingerprint density at radius 2 is 2.29 bits per heavy atom. The van der Waals surface area contributed by atoms with Gasteiger partial charge in [-0.25, -0.2) is 0 Å². The van der Waals surface area contributed by atoms with Crippen molar-refractivity contribution in [3.05, 3.63) is 23.8 Å². The topological polar surface area (TPSA) is 70.0 Å². The van der Waals surface area contributed by atoms with Crippen LogP contribution in [0, 0.1) is 5.92 Å². The highest BCUT2D eigenvalue weighted by Gasteiger charge is 2.28. The lowest BCUT2D eigenvalue weighted by molar-refractivity contribution is -0.137. The second-order valence-electron chi connectivity index (χ2n) is 5.68. The minimum atomic E-state index is -0.730. The van der Waals surface area contributed by atoms with Gasteiger partial charge in [-0.05, 0) is 50.4 Å². The number of phenolic OH excluding ortho intramolecular Hbond substituents is 1. The van der Waals surface area contributed by atoms with Crippen molar-refractivity contribution in [1.29, 1.82) is 0 Å². The third kappa shape index (κ3) is 3.88. The number of carboxylic acids is 1. The molecule has 0 spiro atoms. The summed E-state index contributed by atoms with van der Waals surface area (Å²) in [4.78, 5) is 12.9. The number of rotatable bonds is 6. The van der Waals surface area contributed by atoms with Gasteiger partial charge >= 0.3 is 5.97 Å². The molecule has 2 unspecified atom stereocenters. The molecule has 1 aliphatic rings. The van der Waals surface area contributed by atoms with Crippen LogP contribution in [-0.4, -0.2) is 41.3 Å². The van der Waals surface area contributed by atoms with Crippen molar-refractivity contribution in [1.82, 2.24) is 4.90 Å². The lowest BCUT2D eigenvalue weighted by atomic mass is 10.0. The molecule has 1 saturated heterocycles. The quantitative estimate of drug-likeness (QED) is 0.844. The smallest absolute Gasteiger partial charge is 0.303 e. The van der Waals surface area contributed by atoms with Gasteiger partial charge in [-0.1, -0.05) is 0 Å². The number of benzene rings is 1. The zero-order valence-electron chi connectivity index (χ0n) is 12.6. The number of nitrogens with zero attached hydrogens (tertiary/aromatic N) is 1. The van der Waals surface area contributed by atoms with Crippen LogP contribution in [-0.2, 0) is 4.79 Å². The van der Waals surface area contributed by atoms with Gasteiger partial charge in [0.25, 0.3) is 0 Å². The Morgan fingerprint density at radius 3 is 2.95 bits per heavy atom. The summed E-state index contributed by atoms with van der Waals surface area (Å²) in [6.07, 6.45) is 1.97. The predicted octanol–water partition coefficient (Wildman–Crippen LogP) is 2.65. The molecule has 0 bridgehead atoms. The number of phenols is 1. The van der Waals surface area contributed by atoms with Crippen molar-refractivity contribution >= 4 is 5.97 Å². The lowest BCUT2D eigenvalue weighted by Crippen LogP contribution is -2.24. The molecule has 0 aromatic heterocycles. The van der Waals surface area contributed by atoms with E-state index in [1.165, 1.54) is 0 Å². The van der Waals surface area contributed by atoms with E-state index in [1.54, 1.807) is 19.2 Å². The van der Waals surface area contributed by atoms with E-state index in [4.69, 9.17) is 9.84 Å². The Labute approximate surface area is 125 Å². The van der Waals surface area contributed by atoms with Gasteiger partial charge in [-0.2, -0.15) is 0 Å². The largest absolute Gasteiger partial charge is 0.508 e. The summed E-state index contributed by atoms with van der Waals surface area (Å²) in [6.45, 7) is 3.88. The van der Waals surface area contributed by atoms with Gasteiger partial charge in [-0.3, -0.25) is 9.69 Å². The molecule has 2 atom stereocenters. The number of methoxy groups -OCH3 is 1. The van der Waals surface area contributed by atoms with Crippen LogP contribution in [0.5, 0.6) is 11.5 Å². The maximum Gasteiger partial charge on any atom is 0.303 e. The van der Waals surface area contributed by atoms with Gasteiger partial charge in [0, 0.05) is 24.6 Å². The number of ether oxygens (including phenoxy) is 1. The van der Waals surface area contributed by atoms with E-state index >= 15 is 0 Å². The maximum atomic E-state index is 10.6. The Hall–Kier alpha value is -1.75. The van der Waals surface area contributed by atoms with Crippen LogP contribution in [0.1, 0.15) is 37.8 Å². The molecule has 1 heterocycles. The minimum absolute atomic E-state index is 0.0925. The van der Waals surface area contributed by atoms with Gasteiger partial charge in [-0.15, -0.1) is 0 Å². The fourth-order valence-electron chi connectivity index (χ4n) is 2.97. The molecule has 1 fully saturated rings. The van der Waals surface area contributed by atoms with Gasteiger partial charge in [0.15, 0.2) is 0 Å². The van der Waals surface area contributed by atoms with Crippen LogP contribution >= 0.6 is 0 Å². The second kappa shape index (κ2) is 6.80. The van der Waals surface area contributed by atoms with E-state index in [0.717, 1.165) is 37.2 Å². The Morgan fingerprint density at radius 1 is 1.52 bits per heavy atom. The highest BCUT2D eigenvalue weighted by atomic mass is 16.5. The number of hydrogen-bond acceptors (Lipinski definition) is 4. The third-order valence-corrected chi connectivity index (χ3v) is 4.32. The summed E-state index contributed by atoms with van der Waals surface area (Å²) >= 11 is 0. The normalized spacial score (nSPS) is 20.4. The summed E-state index contributed by atoms with van der Waals surface area (Å²) in [7, 11) is 1.61. The highest BCUT2D eigenvalue weighted by molar-refractivity contribution is 5.66. The first kappa shape index (κ1) is 15.6. The van der Waals surface area contributed by atoms with Gasteiger partial charge < -0.3 is 14.9 Å². The van der Waals surface area contributed by atoms with E-state index in [2.05, 4.69) is 11.8 Å². The summed E-state index contributed by atoms with van der Waals surface area (Å²) in [5.41, 5.74) is 0.855. The first-order valence-corrected chi connectivity index (χ1v) is 7.34. The van der Waals surface area contributed by atoms with E-state index in [0.29, 0.717) is 5.92 Å². The van der Waals surface area contributed by atoms with Crippen molar-refractivity contribution in [2.24, 2.45) is 5.92 Å². The fourth-order valence-corrected chi connectivity index (χ4v) is 2.97. The van der Waals surface area contributed by atoms with Crippen molar-refractivity contribution in [3.63, 3.8) is 0 Å². The minimum Gasteiger partial charge on any atom is -0.508 e. The fraction of sp³-hybridized carbons (Fsp3) is 0.562. The number of carbonyl (C=O) groups is 1. The zero-order chi connectivity index (χ0) is 15.4. The SMILES string of the molecule is COc1ccc(O)c(C(C)N2CCC(CCC(=O)O)C2)c1. The number of hydrogen-bond donors (Lipinski definition) is 2. The molecule has 1 aliphatic heterocycles. The molecular weight excluding hydrogens is 270 g/mol. The highest BCUT2D eigenvalue weighted by Crippen LogP contribution is 2.35. The molecule has 2 N–H and O–H groups in total. The summed E-state index contributed by atoms with van der Waals surface area (Å²) < 4.78 is 5.21. The molecule has 2 rings (SSSR count). The molecule has 116 valence electrons. The average molecular weight is 293 g/mol. The van der Waals surface area contributed by atoms with Crippen LogP contribution in [0.15, 0.2) is 18.2 Å². The molecular formula is C16H23NO4. The molecule has 0 radical (unpaired) electrons. The van der Waals surface area contributed by atoms with Crippen molar-refractivity contribution in [3.8, 4) is 11.5 Å². The molecule has 5 heteroatoms. The molecule has 5 nitrogen and oxygen atoms in total. The standard InChI is InChI=1S/C16H23NO4/c1-11(14-9-13(21-2)4-5-15(14)18)17-8-7-12(10-17)3-6-16(19)20/h4-5,9,11-12,18H,3,6-8,10H2,1-2H3,(H,19,20). The lowest BCUT2D eigenvalue weighted by Gasteiger charge is -2.25. The van der Waals surface area contributed by atoms with Crippen LogP contribution < -0.4 is 4.74 Å². The molecule has 0 amide bonds. The van der Waals surface area contributed by atoms with Gasteiger partial charge in [0.1, 0.15) is 11.5 Å². The van der Waals surface area contributed by atoms with Gasteiger partial charge in [0.2, 0.25) is 0 Å². The molecule has 21 heavy (non-hydrogen) atoms. The number of likely N-dealkylation sites (tertiary alicyclic amines) is 1. The Kier molecular flexibility index (Phi) is 5.07. The van der Waals surface area contributed by atoms with E-state index < -0.39 is 5.97 Å². The van der Waals surface area contributed by atoms with Crippen LogP contribution in [0.25, 0.3) is 0 Å². The third-order valence-electron chi connectivity index (χ3n) is 4.32.